The Balaban J connectivity index is 2.39. The van der Waals surface area contributed by atoms with Gasteiger partial charge in [-0.2, -0.15) is 5.10 Å². The van der Waals surface area contributed by atoms with E-state index in [1.807, 2.05) is 38.1 Å². The molecule has 1 heterocycles. The van der Waals surface area contributed by atoms with Crippen LogP contribution in [0.5, 0.6) is 5.75 Å². The van der Waals surface area contributed by atoms with Crippen LogP contribution in [0, 0.1) is 6.92 Å². The first-order valence-electron chi connectivity index (χ1n) is 6.26. The molecule has 110 valence electrons. The summed E-state index contributed by atoms with van der Waals surface area (Å²) in [5.41, 5.74) is 13.2. The summed E-state index contributed by atoms with van der Waals surface area (Å²) in [5, 5.41) is 8.57. The van der Waals surface area contributed by atoms with Crippen molar-refractivity contribution in [1.82, 2.24) is 4.98 Å². The van der Waals surface area contributed by atoms with E-state index in [4.69, 9.17) is 16.2 Å². The van der Waals surface area contributed by atoms with Crippen molar-refractivity contribution >= 4 is 23.0 Å². The van der Waals surface area contributed by atoms with Gasteiger partial charge in [-0.05, 0) is 26.0 Å². The largest absolute Gasteiger partial charge is 0.497 e. The third-order valence-corrected chi connectivity index (χ3v) is 4.07. The molecule has 0 radical (unpaired) electrons. The number of benzene rings is 1. The molecule has 2 rings (SSSR count). The highest BCUT2D eigenvalue weighted by Gasteiger charge is 2.12. The molecule has 6 nitrogen and oxygen atoms in total. The second-order valence-corrected chi connectivity index (χ2v) is 5.37. The highest BCUT2D eigenvalue weighted by Crippen LogP contribution is 2.30. The van der Waals surface area contributed by atoms with Gasteiger partial charge in [0, 0.05) is 5.56 Å². The molecule has 0 unspecified atom stereocenters. The van der Waals surface area contributed by atoms with Crippen LogP contribution in [-0.4, -0.2) is 23.8 Å². The van der Waals surface area contributed by atoms with E-state index in [1.165, 1.54) is 0 Å². The number of ether oxygens (including phenoxy) is 1. The lowest BCUT2D eigenvalue weighted by Gasteiger charge is -2.00. The van der Waals surface area contributed by atoms with Crippen molar-refractivity contribution in [3.63, 3.8) is 0 Å². The highest BCUT2D eigenvalue weighted by molar-refractivity contribution is 7.17. The van der Waals surface area contributed by atoms with Crippen molar-refractivity contribution in [2.45, 2.75) is 13.8 Å². The Hall–Kier alpha value is -2.41. The topological polar surface area (TPSA) is 98.9 Å². The quantitative estimate of drug-likeness (QED) is 0.513. The fraction of sp³-hybridized carbons (Fsp3) is 0.214. The first kappa shape index (κ1) is 15.0. The SMILES string of the molecule is COc1cccc(-c2nc(C)c(C(C)=NN=C(N)N)s2)c1. The highest BCUT2D eigenvalue weighted by atomic mass is 32.1. The number of hydrogen-bond acceptors (Lipinski definition) is 5. The van der Waals surface area contributed by atoms with Gasteiger partial charge >= 0.3 is 0 Å². The van der Waals surface area contributed by atoms with E-state index < -0.39 is 0 Å². The lowest BCUT2D eigenvalue weighted by atomic mass is 10.2. The average Bonchev–Trinajstić information content (AvgIpc) is 2.87. The molecule has 0 saturated carbocycles. The van der Waals surface area contributed by atoms with E-state index in [9.17, 15) is 0 Å². The van der Waals surface area contributed by atoms with Crippen LogP contribution in [-0.2, 0) is 0 Å². The number of hydrogen-bond donors (Lipinski definition) is 2. The number of nitrogens with zero attached hydrogens (tertiary/aromatic N) is 3. The Morgan fingerprint density at radius 3 is 2.71 bits per heavy atom. The summed E-state index contributed by atoms with van der Waals surface area (Å²) >= 11 is 1.54. The molecule has 2 aromatic rings. The lowest BCUT2D eigenvalue weighted by molar-refractivity contribution is 0.415. The first-order chi connectivity index (χ1) is 10.0. The van der Waals surface area contributed by atoms with Crippen LogP contribution >= 0.6 is 11.3 Å². The summed E-state index contributed by atoms with van der Waals surface area (Å²) in [6, 6.07) is 7.78. The molecule has 1 aromatic carbocycles. The van der Waals surface area contributed by atoms with Gasteiger partial charge in [0.2, 0.25) is 5.96 Å². The molecule has 0 bridgehead atoms. The normalized spacial score (nSPS) is 11.3. The van der Waals surface area contributed by atoms with Gasteiger partial charge < -0.3 is 16.2 Å². The second-order valence-electron chi connectivity index (χ2n) is 4.38. The summed E-state index contributed by atoms with van der Waals surface area (Å²) in [7, 11) is 1.64. The Labute approximate surface area is 127 Å². The van der Waals surface area contributed by atoms with Crippen molar-refractivity contribution in [2.24, 2.45) is 21.7 Å². The third kappa shape index (κ3) is 3.57. The van der Waals surface area contributed by atoms with Gasteiger partial charge in [0.25, 0.3) is 0 Å². The van der Waals surface area contributed by atoms with Crippen LogP contribution in [0.2, 0.25) is 0 Å². The molecular formula is C14H17N5OS. The van der Waals surface area contributed by atoms with E-state index >= 15 is 0 Å². The maximum absolute atomic E-state index is 5.28. The molecule has 0 atom stereocenters. The summed E-state index contributed by atoms with van der Waals surface area (Å²) < 4.78 is 5.23. The van der Waals surface area contributed by atoms with Crippen LogP contribution in [0.25, 0.3) is 10.6 Å². The number of thiazole rings is 1. The molecule has 0 spiro atoms. The van der Waals surface area contributed by atoms with Gasteiger partial charge in [-0.1, -0.05) is 12.1 Å². The molecule has 4 N–H and O–H groups in total. The van der Waals surface area contributed by atoms with Crippen molar-refractivity contribution in [1.29, 1.82) is 0 Å². The molecule has 0 aliphatic carbocycles. The Morgan fingerprint density at radius 1 is 1.29 bits per heavy atom. The number of aromatic nitrogens is 1. The van der Waals surface area contributed by atoms with E-state index in [2.05, 4.69) is 15.2 Å². The predicted octanol–water partition coefficient (Wildman–Crippen LogP) is 2.12. The van der Waals surface area contributed by atoms with Crippen LogP contribution in [0.4, 0.5) is 0 Å². The van der Waals surface area contributed by atoms with E-state index in [0.29, 0.717) is 0 Å². The molecule has 21 heavy (non-hydrogen) atoms. The number of guanidine groups is 1. The van der Waals surface area contributed by atoms with Crippen LogP contribution in [0.15, 0.2) is 34.5 Å². The molecule has 0 saturated heterocycles. The minimum atomic E-state index is -0.0652. The van der Waals surface area contributed by atoms with Gasteiger partial charge in [0.05, 0.1) is 23.4 Å². The van der Waals surface area contributed by atoms with Gasteiger partial charge in [0.15, 0.2) is 0 Å². The smallest absolute Gasteiger partial charge is 0.211 e. The molecule has 1 aromatic heterocycles. The zero-order valence-electron chi connectivity index (χ0n) is 12.1. The number of methoxy groups -OCH3 is 1. The predicted molar refractivity (Wildman–Crippen MR) is 86.9 cm³/mol. The van der Waals surface area contributed by atoms with Crippen molar-refractivity contribution in [3.05, 3.63) is 34.8 Å². The van der Waals surface area contributed by atoms with Crippen LogP contribution in [0.1, 0.15) is 17.5 Å². The Kier molecular flexibility index (Phi) is 4.54. The van der Waals surface area contributed by atoms with E-state index in [0.717, 1.165) is 32.6 Å². The third-order valence-electron chi connectivity index (χ3n) is 2.76. The number of nitrogens with two attached hydrogens (primary N) is 2. The van der Waals surface area contributed by atoms with Crippen molar-refractivity contribution in [2.75, 3.05) is 7.11 Å². The van der Waals surface area contributed by atoms with Gasteiger partial charge in [-0.25, -0.2) is 4.98 Å². The monoisotopic (exact) mass is 303 g/mol. The lowest BCUT2D eigenvalue weighted by Crippen LogP contribution is -2.22. The fourth-order valence-corrected chi connectivity index (χ4v) is 2.79. The van der Waals surface area contributed by atoms with E-state index in [1.54, 1.807) is 18.4 Å². The van der Waals surface area contributed by atoms with Crippen molar-refractivity contribution in [3.8, 4) is 16.3 Å². The van der Waals surface area contributed by atoms with Crippen LogP contribution < -0.4 is 16.2 Å². The number of aryl methyl sites for hydroxylation is 1. The minimum Gasteiger partial charge on any atom is -0.497 e. The second kappa shape index (κ2) is 6.36. The molecule has 0 fully saturated rings. The standard InChI is InChI=1S/C14H17N5OS/c1-8-12(9(2)18-19-14(15)16)21-13(17-8)10-5-4-6-11(7-10)20-3/h4-7H,1-3H3,(H4,15,16,19). The van der Waals surface area contributed by atoms with Gasteiger partial charge in [-0.3, -0.25) is 0 Å². The Morgan fingerprint density at radius 2 is 2.05 bits per heavy atom. The minimum absolute atomic E-state index is 0.0652. The first-order valence-corrected chi connectivity index (χ1v) is 7.08. The van der Waals surface area contributed by atoms with Crippen LogP contribution in [0.3, 0.4) is 0 Å². The summed E-state index contributed by atoms with van der Waals surface area (Å²) in [6.07, 6.45) is 0. The number of rotatable bonds is 4. The van der Waals surface area contributed by atoms with E-state index in [-0.39, 0.29) is 5.96 Å². The zero-order valence-corrected chi connectivity index (χ0v) is 12.9. The fourth-order valence-electron chi connectivity index (χ4n) is 1.79. The summed E-state index contributed by atoms with van der Waals surface area (Å²) in [6.45, 7) is 3.78. The zero-order chi connectivity index (χ0) is 15.4. The molecular weight excluding hydrogens is 286 g/mol. The Bertz CT molecular complexity index is 701. The van der Waals surface area contributed by atoms with Crippen molar-refractivity contribution < 1.29 is 4.74 Å². The van der Waals surface area contributed by atoms with Gasteiger partial charge in [0.1, 0.15) is 10.8 Å². The molecule has 7 heteroatoms. The summed E-state index contributed by atoms with van der Waals surface area (Å²) in [4.78, 5) is 5.53. The maximum Gasteiger partial charge on any atom is 0.211 e. The molecule has 0 aliphatic heterocycles. The molecule has 0 amide bonds. The molecule has 0 aliphatic rings. The summed E-state index contributed by atoms with van der Waals surface area (Å²) in [5.74, 6) is 0.734. The maximum atomic E-state index is 5.28. The van der Waals surface area contributed by atoms with Gasteiger partial charge in [-0.15, -0.1) is 16.4 Å². The average molecular weight is 303 g/mol.